The number of hydrogen-bond donors (Lipinski definition) is 0. The Morgan fingerprint density at radius 1 is 1.15 bits per heavy atom. The highest BCUT2D eigenvalue weighted by molar-refractivity contribution is 7.15. The summed E-state index contributed by atoms with van der Waals surface area (Å²) in [6, 6.07) is 9.25. The Labute approximate surface area is 197 Å². The fourth-order valence-electron chi connectivity index (χ4n) is 3.97. The molecular weight excluding hydrogens is 466 g/mol. The van der Waals surface area contributed by atoms with Crippen LogP contribution < -0.4 is 19.8 Å². The van der Waals surface area contributed by atoms with Crippen molar-refractivity contribution < 1.29 is 18.7 Å². The second-order valence-corrected chi connectivity index (χ2v) is 8.94. The Kier molecular flexibility index (Phi) is 5.30. The van der Waals surface area contributed by atoms with E-state index in [0.717, 1.165) is 0 Å². The molecule has 1 amide bonds. The van der Waals surface area contributed by atoms with Gasteiger partial charge in [-0.3, -0.25) is 14.5 Å². The summed E-state index contributed by atoms with van der Waals surface area (Å²) in [5.74, 6) is 0.550. The van der Waals surface area contributed by atoms with E-state index in [1.165, 1.54) is 23.3 Å². The molecule has 2 aromatic carbocycles. The molecule has 0 saturated heterocycles. The average Bonchev–Trinajstić information content (AvgIpc) is 3.36. The summed E-state index contributed by atoms with van der Waals surface area (Å²) in [5.41, 5.74) is 0.816. The number of rotatable bonds is 5. The third-order valence-corrected chi connectivity index (χ3v) is 6.43. The van der Waals surface area contributed by atoms with Crippen molar-refractivity contribution in [2.24, 2.45) is 0 Å². The lowest BCUT2D eigenvalue weighted by atomic mass is 9.98. The van der Waals surface area contributed by atoms with Gasteiger partial charge in [0.2, 0.25) is 10.9 Å². The fourth-order valence-corrected chi connectivity index (χ4v) is 4.86. The number of benzene rings is 2. The van der Waals surface area contributed by atoms with E-state index >= 15 is 0 Å². The van der Waals surface area contributed by atoms with Gasteiger partial charge >= 0.3 is 0 Å². The lowest BCUT2D eigenvalue weighted by molar-refractivity contribution is 0.0970. The maximum Gasteiger partial charge on any atom is 0.297 e. The number of amides is 1. The quantitative estimate of drug-likeness (QED) is 0.403. The van der Waals surface area contributed by atoms with Crippen LogP contribution >= 0.6 is 22.9 Å². The molecule has 0 fully saturated rings. The highest BCUT2D eigenvalue weighted by Crippen LogP contribution is 2.44. The van der Waals surface area contributed by atoms with E-state index in [0.29, 0.717) is 44.2 Å². The Balaban J connectivity index is 1.79. The third-order valence-electron chi connectivity index (χ3n) is 5.36. The predicted molar refractivity (Wildman–Crippen MR) is 125 cm³/mol. The van der Waals surface area contributed by atoms with Crippen LogP contribution in [0.3, 0.4) is 0 Å². The predicted octanol–water partition coefficient (Wildman–Crippen LogP) is 4.76. The first-order chi connectivity index (χ1) is 15.9. The van der Waals surface area contributed by atoms with Gasteiger partial charge in [0, 0.05) is 5.02 Å². The van der Waals surface area contributed by atoms with Crippen molar-refractivity contribution in [1.29, 1.82) is 0 Å². The first-order valence-electron chi connectivity index (χ1n) is 10.1. The molecule has 0 saturated carbocycles. The van der Waals surface area contributed by atoms with Gasteiger partial charge in [0.15, 0.2) is 16.9 Å². The van der Waals surface area contributed by atoms with Crippen LogP contribution in [-0.2, 0) is 0 Å². The molecular formula is C23H18ClN3O5S. The zero-order valence-corrected chi connectivity index (χ0v) is 19.5. The summed E-state index contributed by atoms with van der Waals surface area (Å²) >= 11 is 7.39. The molecule has 1 aliphatic heterocycles. The third kappa shape index (κ3) is 3.44. The first-order valence-corrected chi connectivity index (χ1v) is 11.3. The highest BCUT2D eigenvalue weighted by Gasteiger charge is 2.45. The molecule has 2 aromatic heterocycles. The summed E-state index contributed by atoms with van der Waals surface area (Å²) < 4.78 is 17.1. The topological polar surface area (TPSA) is 94.8 Å². The number of ether oxygens (including phenoxy) is 2. The normalized spacial score (nSPS) is 15.2. The van der Waals surface area contributed by atoms with Crippen LogP contribution in [0.15, 0.2) is 45.6 Å². The van der Waals surface area contributed by atoms with Crippen molar-refractivity contribution in [3.63, 3.8) is 0 Å². The fraction of sp³-hybridized carbons (Fsp3) is 0.217. The van der Waals surface area contributed by atoms with Crippen molar-refractivity contribution in [2.75, 3.05) is 18.6 Å². The van der Waals surface area contributed by atoms with Gasteiger partial charge in [-0.25, -0.2) is 0 Å². The number of carbonyl (C=O) groups excluding carboxylic acids is 1. The summed E-state index contributed by atoms with van der Waals surface area (Å²) in [5, 5.41) is 9.96. The molecule has 168 valence electrons. The number of fused-ring (bicyclic) bond motifs is 2. The van der Waals surface area contributed by atoms with Gasteiger partial charge < -0.3 is 13.9 Å². The Morgan fingerprint density at radius 2 is 1.97 bits per heavy atom. The number of nitrogens with zero attached hydrogens (tertiary/aromatic N) is 3. The van der Waals surface area contributed by atoms with Gasteiger partial charge in [-0.1, -0.05) is 29.0 Å². The van der Waals surface area contributed by atoms with Crippen LogP contribution in [0.2, 0.25) is 5.02 Å². The average molecular weight is 484 g/mol. The number of anilines is 1. The monoisotopic (exact) mass is 483 g/mol. The van der Waals surface area contributed by atoms with Crippen LogP contribution in [0.1, 0.15) is 39.7 Å². The molecule has 5 rings (SSSR count). The van der Waals surface area contributed by atoms with Crippen LogP contribution in [-0.4, -0.2) is 29.8 Å². The van der Waals surface area contributed by atoms with E-state index in [4.69, 9.17) is 25.5 Å². The van der Waals surface area contributed by atoms with Gasteiger partial charge in [-0.2, -0.15) is 0 Å². The van der Waals surface area contributed by atoms with Crippen LogP contribution in [0, 0.1) is 6.92 Å². The number of halogens is 1. The molecule has 0 spiro atoms. The van der Waals surface area contributed by atoms with Crippen LogP contribution in [0.25, 0.3) is 11.0 Å². The van der Waals surface area contributed by atoms with E-state index in [2.05, 4.69) is 10.2 Å². The van der Waals surface area contributed by atoms with Gasteiger partial charge in [-0.15, -0.1) is 10.2 Å². The SMILES string of the molecule is CCOc1ccc([C@@H]2c3c(oc4ccc(Cl)cc4c3=O)C(=O)N2c2nnc(C)s2)cc1OC. The van der Waals surface area contributed by atoms with E-state index in [1.807, 2.05) is 6.92 Å². The molecule has 8 nitrogen and oxygen atoms in total. The summed E-state index contributed by atoms with van der Waals surface area (Å²) in [6.45, 7) is 4.14. The lowest BCUT2D eigenvalue weighted by Gasteiger charge is -2.23. The zero-order valence-electron chi connectivity index (χ0n) is 17.9. The molecule has 33 heavy (non-hydrogen) atoms. The first kappa shape index (κ1) is 21.4. The van der Waals surface area contributed by atoms with Gasteiger partial charge in [0.25, 0.3) is 5.91 Å². The molecule has 1 atom stereocenters. The summed E-state index contributed by atoms with van der Waals surface area (Å²) in [7, 11) is 1.53. The molecule has 3 heterocycles. The number of aromatic nitrogens is 2. The Hall–Kier alpha value is -3.43. The molecule has 0 unspecified atom stereocenters. The second kappa shape index (κ2) is 8.17. The van der Waals surface area contributed by atoms with Crippen molar-refractivity contribution in [1.82, 2.24) is 10.2 Å². The number of methoxy groups -OCH3 is 1. The molecule has 0 N–H and O–H groups in total. The molecule has 0 radical (unpaired) electrons. The van der Waals surface area contributed by atoms with Crippen LogP contribution in [0.5, 0.6) is 11.5 Å². The van der Waals surface area contributed by atoms with Crippen molar-refractivity contribution in [3.8, 4) is 11.5 Å². The highest BCUT2D eigenvalue weighted by atomic mass is 35.5. The molecule has 0 aliphatic carbocycles. The molecule has 10 heteroatoms. The number of carbonyl (C=O) groups is 1. The lowest BCUT2D eigenvalue weighted by Crippen LogP contribution is -2.29. The minimum Gasteiger partial charge on any atom is -0.493 e. The van der Waals surface area contributed by atoms with E-state index < -0.39 is 11.9 Å². The van der Waals surface area contributed by atoms with E-state index in [-0.39, 0.29) is 22.3 Å². The van der Waals surface area contributed by atoms with Crippen LogP contribution in [0.4, 0.5) is 5.13 Å². The van der Waals surface area contributed by atoms with E-state index in [9.17, 15) is 9.59 Å². The molecule has 1 aliphatic rings. The second-order valence-electron chi connectivity index (χ2n) is 7.34. The molecule has 4 aromatic rings. The van der Waals surface area contributed by atoms with Gasteiger partial charge in [0.05, 0.1) is 30.7 Å². The van der Waals surface area contributed by atoms with Crippen molar-refractivity contribution in [2.45, 2.75) is 19.9 Å². The van der Waals surface area contributed by atoms with E-state index in [1.54, 1.807) is 43.3 Å². The van der Waals surface area contributed by atoms with Crippen molar-refractivity contribution >= 4 is 44.9 Å². The maximum atomic E-state index is 13.6. The number of aryl methyl sites for hydroxylation is 1. The minimum atomic E-state index is -0.788. The smallest absolute Gasteiger partial charge is 0.297 e. The van der Waals surface area contributed by atoms with Gasteiger partial charge in [0.1, 0.15) is 10.6 Å². The molecule has 0 bridgehead atoms. The minimum absolute atomic E-state index is 0.0273. The van der Waals surface area contributed by atoms with Crippen molar-refractivity contribution in [3.05, 3.63) is 73.5 Å². The zero-order chi connectivity index (χ0) is 23.3. The summed E-state index contributed by atoms with van der Waals surface area (Å²) in [4.78, 5) is 28.6. The largest absolute Gasteiger partial charge is 0.493 e. The summed E-state index contributed by atoms with van der Waals surface area (Å²) in [6.07, 6.45) is 0. The van der Waals surface area contributed by atoms with Gasteiger partial charge in [-0.05, 0) is 49.7 Å². The Bertz CT molecular complexity index is 1460. The Morgan fingerprint density at radius 3 is 2.67 bits per heavy atom. The maximum absolute atomic E-state index is 13.6. The standard InChI is InChI=1S/C23H18ClN3O5S/c1-4-31-16-7-5-12(9-17(16)30-3)19-18-20(28)14-10-13(24)6-8-15(14)32-21(18)22(29)27(19)23-26-25-11(2)33-23/h5-10,19H,4H2,1-3H3/t19-/m1/s1. The number of hydrogen-bond acceptors (Lipinski definition) is 8.